The number of hydrogen-bond acceptors (Lipinski definition) is 7. The number of tetrazole rings is 1. The van der Waals surface area contributed by atoms with Crippen LogP contribution in [0.15, 0.2) is 48.5 Å². The highest BCUT2D eigenvalue weighted by Gasteiger charge is 2.22. The highest BCUT2D eigenvalue weighted by Crippen LogP contribution is 2.24. The third-order valence-electron chi connectivity index (χ3n) is 5.14. The van der Waals surface area contributed by atoms with Gasteiger partial charge in [-0.2, -0.15) is 4.80 Å². The Morgan fingerprint density at radius 2 is 1.76 bits per heavy atom. The molecule has 176 valence electrons. The van der Waals surface area contributed by atoms with Crippen LogP contribution >= 0.6 is 11.6 Å². The van der Waals surface area contributed by atoms with Gasteiger partial charge in [-0.3, -0.25) is 4.79 Å². The van der Waals surface area contributed by atoms with Crippen molar-refractivity contribution in [3.8, 4) is 5.75 Å². The summed E-state index contributed by atoms with van der Waals surface area (Å²) < 4.78 is 27.9. The number of ether oxygens (including phenoxy) is 1. The van der Waals surface area contributed by atoms with Gasteiger partial charge >= 0.3 is 0 Å². The second-order valence-corrected chi connectivity index (χ2v) is 10.7. The second kappa shape index (κ2) is 11.4. The lowest BCUT2D eigenvalue weighted by atomic mass is 9.91. The average molecular weight is 491 g/mol. The molecule has 0 aliphatic rings. The molecule has 2 aromatic carbocycles. The van der Waals surface area contributed by atoms with E-state index in [-0.39, 0.29) is 23.9 Å². The first kappa shape index (κ1) is 24.9. The summed E-state index contributed by atoms with van der Waals surface area (Å²) in [6.07, 6.45) is 2.70. The topological polar surface area (TPSA) is 104 Å². The number of carbonyl (C=O) groups excluding carboxylic acids is 1. The molecular weight excluding hydrogens is 464 g/mol. The summed E-state index contributed by atoms with van der Waals surface area (Å²) in [5, 5.41) is 13.3. The summed E-state index contributed by atoms with van der Waals surface area (Å²) >= 11 is 5.93. The minimum Gasteiger partial charge on any atom is -0.497 e. The molecule has 0 fully saturated rings. The minimum absolute atomic E-state index is 0.0543. The molecular formula is C23H27ClN4O4S. The molecule has 0 radical (unpaired) electrons. The fourth-order valence-electron chi connectivity index (χ4n) is 3.46. The van der Waals surface area contributed by atoms with Crippen molar-refractivity contribution in [1.29, 1.82) is 0 Å². The molecule has 0 amide bonds. The van der Waals surface area contributed by atoms with Gasteiger partial charge in [-0.05, 0) is 53.4 Å². The zero-order valence-electron chi connectivity index (χ0n) is 18.6. The van der Waals surface area contributed by atoms with Crippen molar-refractivity contribution >= 4 is 27.2 Å². The van der Waals surface area contributed by atoms with Crippen molar-refractivity contribution in [2.75, 3.05) is 19.1 Å². The van der Waals surface area contributed by atoms with Crippen LogP contribution in [-0.2, 0) is 34.0 Å². The van der Waals surface area contributed by atoms with Gasteiger partial charge in [-0.15, -0.1) is 10.2 Å². The Balaban J connectivity index is 1.73. The Morgan fingerprint density at radius 1 is 1.09 bits per heavy atom. The summed E-state index contributed by atoms with van der Waals surface area (Å²) in [6, 6.07) is 14.9. The Hall–Kier alpha value is -2.78. The number of carbonyl (C=O) groups is 1. The number of hydrogen-bond donors (Lipinski definition) is 0. The van der Waals surface area contributed by atoms with Crippen LogP contribution in [0.5, 0.6) is 5.75 Å². The SMILES string of the molecule is COc1ccc(C[C@H](CC(=O)Cc2ccc(Cl)cc2)c2nnn(CCCS(C)(=O)=O)n2)cc1. The molecule has 10 heteroatoms. The summed E-state index contributed by atoms with van der Waals surface area (Å²) in [4.78, 5) is 14.3. The van der Waals surface area contributed by atoms with Crippen LogP contribution in [-0.4, -0.2) is 53.5 Å². The van der Waals surface area contributed by atoms with E-state index < -0.39 is 9.84 Å². The average Bonchev–Trinajstić information content (AvgIpc) is 3.23. The van der Waals surface area contributed by atoms with E-state index >= 15 is 0 Å². The number of benzene rings is 2. The smallest absolute Gasteiger partial charge is 0.178 e. The number of nitrogens with zero attached hydrogens (tertiary/aromatic N) is 4. The molecule has 0 N–H and O–H groups in total. The van der Waals surface area contributed by atoms with Crippen molar-refractivity contribution in [2.45, 2.75) is 38.1 Å². The van der Waals surface area contributed by atoms with Gasteiger partial charge in [0.05, 0.1) is 19.4 Å². The van der Waals surface area contributed by atoms with E-state index in [2.05, 4.69) is 15.4 Å². The maximum Gasteiger partial charge on any atom is 0.178 e. The third-order valence-corrected chi connectivity index (χ3v) is 6.42. The zero-order valence-corrected chi connectivity index (χ0v) is 20.2. The van der Waals surface area contributed by atoms with E-state index in [4.69, 9.17) is 16.3 Å². The number of rotatable bonds is 12. The van der Waals surface area contributed by atoms with Gasteiger partial charge < -0.3 is 4.74 Å². The van der Waals surface area contributed by atoms with Gasteiger partial charge in [0.25, 0.3) is 0 Å². The Morgan fingerprint density at radius 3 is 2.39 bits per heavy atom. The Kier molecular flexibility index (Phi) is 8.57. The van der Waals surface area contributed by atoms with Crippen LogP contribution in [0.1, 0.15) is 35.7 Å². The monoisotopic (exact) mass is 490 g/mol. The lowest BCUT2D eigenvalue weighted by molar-refractivity contribution is -0.118. The van der Waals surface area contributed by atoms with Gasteiger partial charge in [0.2, 0.25) is 0 Å². The van der Waals surface area contributed by atoms with Gasteiger partial charge in [0.1, 0.15) is 21.4 Å². The molecule has 33 heavy (non-hydrogen) atoms. The molecule has 0 saturated carbocycles. The van der Waals surface area contributed by atoms with Crippen LogP contribution in [0, 0.1) is 0 Å². The van der Waals surface area contributed by atoms with Crippen LogP contribution in [0.4, 0.5) is 0 Å². The quantitative estimate of drug-likeness (QED) is 0.383. The molecule has 0 bridgehead atoms. The number of Topliss-reactive ketones (excluding diaryl/α,β-unsaturated/α-hetero) is 1. The van der Waals surface area contributed by atoms with E-state index in [0.717, 1.165) is 16.9 Å². The van der Waals surface area contributed by atoms with Crippen molar-refractivity contribution in [1.82, 2.24) is 20.2 Å². The summed E-state index contributed by atoms with van der Waals surface area (Å²) in [5.41, 5.74) is 1.92. The van der Waals surface area contributed by atoms with E-state index in [1.54, 1.807) is 19.2 Å². The van der Waals surface area contributed by atoms with Crippen LogP contribution in [0.25, 0.3) is 0 Å². The molecule has 8 nitrogen and oxygen atoms in total. The van der Waals surface area contributed by atoms with Crippen molar-refractivity contribution in [3.05, 3.63) is 70.5 Å². The van der Waals surface area contributed by atoms with Gasteiger partial charge in [0, 0.05) is 30.0 Å². The highest BCUT2D eigenvalue weighted by molar-refractivity contribution is 7.90. The molecule has 0 unspecified atom stereocenters. The molecule has 1 atom stereocenters. The molecule has 1 aromatic heterocycles. The van der Waals surface area contributed by atoms with Crippen LogP contribution < -0.4 is 4.74 Å². The van der Waals surface area contributed by atoms with Gasteiger partial charge in [-0.1, -0.05) is 35.9 Å². The number of aryl methyl sites for hydroxylation is 1. The molecule has 3 aromatic rings. The lowest BCUT2D eigenvalue weighted by Gasteiger charge is -2.13. The first-order valence-corrected chi connectivity index (χ1v) is 13.0. The largest absolute Gasteiger partial charge is 0.497 e. The molecule has 0 aliphatic carbocycles. The van der Waals surface area contributed by atoms with Crippen LogP contribution in [0.3, 0.4) is 0 Å². The van der Waals surface area contributed by atoms with Gasteiger partial charge in [0.15, 0.2) is 5.82 Å². The molecule has 3 rings (SSSR count). The summed E-state index contributed by atoms with van der Waals surface area (Å²) in [6.45, 7) is 0.341. The van der Waals surface area contributed by atoms with E-state index in [1.807, 2.05) is 36.4 Å². The highest BCUT2D eigenvalue weighted by atomic mass is 35.5. The lowest BCUT2D eigenvalue weighted by Crippen LogP contribution is -2.14. The normalized spacial score (nSPS) is 12.5. The van der Waals surface area contributed by atoms with Crippen molar-refractivity contribution < 1.29 is 17.9 Å². The first-order valence-electron chi connectivity index (χ1n) is 10.6. The van der Waals surface area contributed by atoms with E-state index in [1.165, 1.54) is 11.1 Å². The third kappa shape index (κ3) is 8.25. The second-order valence-electron chi connectivity index (χ2n) is 8.02. The molecule has 0 saturated heterocycles. The number of aromatic nitrogens is 4. The number of ketones is 1. The van der Waals surface area contributed by atoms with Gasteiger partial charge in [-0.25, -0.2) is 8.42 Å². The van der Waals surface area contributed by atoms with E-state index in [9.17, 15) is 13.2 Å². The molecule has 0 spiro atoms. The summed E-state index contributed by atoms with van der Waals surface area (Å²) in [7, 11) is -1.44. The Labute approximate surface area is 198 Å². The predicted molar refractivity (Wildman–Crippen MR) is 126 cm³/mol. The standard InChI is InChI=1S/C23H27ClN4O4S/c1-32-22-10-6-17(7-11-22)14-19(16-21(29)15-18-4-8-20(24)9-5-18)23-25-27-28(26-23)12-3-13-33(2,30)31/h4-11,19H,3,12-16H2,1-2H3/t19-/m1/s1. The molecule has 1 heterocycles. The Bertz CT molecular complexity index is 1160. The van der Waals surface area contributed by atoms with Crippen molar-refractivity contribution in [2.24, 2.45) is 0 Å². The minimum atomic E-state index is -3.05. The molecule has 0 aliphatic heterocycles. The number of sulfone groups is 1. The maximum atomic E-state index is 12.9. The van der Waals surface area contributed by atoms with E-state index in [0.29, 0.717) is 36.7 Å². The summed E-state index contributed by atoms with van der Waals surface area (Å²) in [5.74, 6) is 1.07. The predicted octanol–water partition coefficient (Wildman–Crippen LogP) is 3.30. The maximum absolute atomic E-state index is 12.9. The first-order chi connectivity index (χ1) is 15.7. The van der Waals surface area contributed by atoms with Crippen LogP contribution in [0.2, 0.25) is 5.02 Å². The fourth-order valence-corrected chi connectivity index (χ4v) is 4.24. The number of methoxy groups -OCH3 is 1. The number of halogens is 1. The fraction of sp³-hybridized carbons (Fsp3) is 0.391. The zero-order chi connectivity index (χ0) is 23.8. The van der Waals surface area contributed by atoms with Crippen molar-refractivity contribution in [3.63, 3.8) is 0 Å².